The van der Waals surface area contributed by atoms with Crippen LogP contribution in [-0.2, 0) is 19.0 Å². The molecule has 0 radical (unpaired) electrons. The fourth-order valence-electron chi connectivity index (χ4n) is 3.49. The molecule has 5 atom stereocenters. The van der Waals surface area contributed by atoms with E-state index in [0.29, 0.717) is 6.61 Å². The molecule has 0 unspecified atom stereocenters. The van der Waals surface area contributed by atoms with E-state index in [1.54, 1.807) is 0 Å². The summed E-state index contributed by atoms with van der Waals surface area (Å²) in [5.41, 5.74) is 0.122. The van der Waals surface area contributed by atoms with E-state index in [9.17, 15) is 4.79 Å². The SMILES string of the molecule is [2H]C1([2H])C[C@]2(CO2)[C@@H]([C@]2(C)O[C@@H]2CC=C(C)C)[C@H](OC)C1=O. The minimum absolute atomic E-state index is 0.0305. The van der Waals surface area contributed by atoms with Crippen molar-refractivity contribution >= 4 is 5.78 Å². The molecule has 112 valence electrons. The summed E-state index contributed by atoms with van der Waals surface area (Å²) >= 11 is 0. The lowest BCUT2D eigenvalue weighted by Gasteiger charge is -2.37. The van der Waals surface area contributed by atoms with E-state index in [1.165, 1.54) is 12.7 Å². The number of hydrogen-bond donors (Lipinski definition) is 0. The Morgan fingerprint density at radius 1 is 1.60 bits per heavy atom. The highest BCUT2D eigenvalue weighted by Crippen LogP contribution is 2.58. The number of hydrogen-bond acceptors (Lipinski definition) is 4. The van der Waals surface area contributed by atoms with Crippen molar-refractivity contribution in [1.82, 2.24) is 0 Å². The quantitative estimate of drug-likeness (QED) is 0.586. The van der Waals surface area contributed by atoms with Crippen LogP contribution in [0, 0.1) is 5.92 Å². The van der Waals surface area contributed by atoms with Crippen LogP contribution in [0.1, 0.15) is 42.7 Å². The smallest absolute Gasteiger partial charge is 0.162 e. The standard InChI is InChI=1S/C16H24O4/c1-10(2)5-6-12-15(3,20-12)14-13(18-4)11(17)7-8-16(14)9-19-16/h5,12-14H,6-9H2,1-4H3/t12-,13-,14-,15-,16+/m1/s1/i7D2. The van der Waals surface area contributed by atoms with Crippen LogP contribution in [0.15, 0.2) is 11.6 Å². The van der Waals surface area contributed by atoms with Crippen molar-refractivity contribution in [2.24, 2.45) is 5.92 Å². The zero-order valence-corrected chi connectivity index (χ0v) is 12.6. The Labute approximate surface area is 123 Å². The van der Waals surface area contributed by atoms with E-state index in [0.717, 1.165) is 6.42 Å². The third-order valence-corrected chi connectivity index (χ3v) is 4.79. The predicted octanol–water partition coefficient (Wildman–Crippen LogP) is 2.26. The normalized spacial score (nSPS) is 50.4. The number of ketones is 1. The van der Waals surface area contributed by atoms with Gasteiger partial charge >= 0.3 is 0 Å². The van der Waals surface area contributed by atoms with Gasteiger partial charge in [-0.1, -0.05) is 11.6 Å². The summed E-state index contributed by atoms with van der Waals surface area (Å²) in [4.78, 5) is 12.4. The molecule has 1 spiro atoms. The van der Waals surface area contributed by atoms with Crippen molar-refractivity contribution in [3.63, 3.8) is 0 Å². The van der Waals surface area contributed by atoms with Crippen molar-refractivity contribution in [1.29, 1.82) is 0 Å². The number of carbonyl (C=O) groups excluding carboxylic acids is 1. The molecule has 3 fully saturated rings. The fraction of sp³-hybridized carbons (Fsp3) is 0.812. The molecule has 0 N–H and O–H groups in total. The van der Waals surface area contributed by atoms with Gasteiger partial charge in [-0.25, -0.2) is 0 Å². The second kappa shape index (κ2) is 4.65. The molecule has 2 heterocycles. The molecule has 0 amide bonds. The van der Waals surface area contributed by atoms with Gasteiger partial charge in [0.2, 0.25) is 0 Å². The first-order valence-corrected chi connectivity index (χ1v) is 7.18. The molecule has 4 nitrogen and oxygen atoms in total. The Kier molecular flexibility index (Phi) is 2.77. The lowest BCUT2D eigenvalue weighted by Crippen LogP contribution is -2.52. The Hall–Kier alpha value is -0.710. The van der Waals surface area contributed by atoms with Gasteiger partial charge in [0, 0.05) is 16.2 Å². The monoisotopic (exact) mass is 282 g/mol. The zero-order chi connectivity index (χ0) is 16.3. The van der Waals surface area contributed by atoms with Crippen LogP contribution in [0.4, 0.5) is 0 Å². The molecular formula is C16H24O4. The highest BCUT2D eigenvalue weighted by atomic mass is 16.6. The van der Waals surface area contributed by atoms with Crippen LogP contribution in [-0.4, -0.2) is 42.9 Å². The van der Waals surface area contributed by atoms with E-state index in [-0.39, 0.29) is 18.4 Å². The maximum Gasteiger partial charge on any atom is 0.162 e. The first-order chi connectivity index (χ1) is 10.2. The summed E-state index contributed by atoms with van der Waals surface area (Å²) in [6.07, 6.45) is 0.340. The lowest BCUT2D eigenvalue weighted by atomic mass is 9.69. The summed E-state index contributed by atoms with van der Waals surface area (Å²) < 4.78 is 32.9. The lowest BCUT2D eigenvalue weighted by molar-refractivity contribution is -0.142. The van der Waals surface area contributed by atoms with Crippen molar-refractivity contribution < 1.29 is 21.7 Å². The molecule has 0 aromatic carbocycles. The Bertz CT molecular complexity index is 522. The minimum Gasteiger partial charge on any atom is -0.373 e. The number of methoxy groups -OCH3 is 1. The van der Waals surface area contributed by atoms with Gasteiger partial charge in [-0.3, -0.25) is 4.79 Å². The van der Waals surface area contributed by atoms with Gasteiger partial charge in [0.05, 0.1) is 18.6 Å². The number of ether oxygens (including phenoxy) is 3. The van der Waals surface area contributed by atoms with E-state index in [2.05, 4.69) is 6.08 Å². The third-order valence-electron chi connectivity index (χ3n) is 4.79. The molecule has 20 heavy (non-hydrogen) atoms. The van der Waals surface area contributed by atoms with Crippen LogP contribution in [0.2, 0.25) is 0 Å². The first kappa shape index (κ1) is 11.9. The largest absolute Gasteiger partial charge is 0.373 e. The van der Waals surface area contributed by atoms with E-state index in [4.69, 9.17) is 17.0 Å². The highest BCUT2D eigenvalue weighted by molar-refractivity contribution is 5.85. The fourth-order valence-corrected chi connectivity index (χ4v) is 3.49. The van der Waals surface area contributed by atoms with Gasteiger partial charge in [-0.15, -0.1) is 0 Å². The van der Waals surface area contributed by atoms with Gasteiger partial charge < -0.3 is 14.2 Å². The molecule has 4 heteroatoms. The number of allylic oxidation sites excluding steroid dienone is 1. The first-order valence-electron chi connectivity index (χ1n) is 8.18. The van der Waals surface area contributed by atoms with Crippen LogP contribution in [0.5, 0.6) is 0 Å². The Morgan fingerprint density at radius 3 is 2.85 bits per heavy atom. The number of carbonyl (C=O) groups is 1. The van der Waals surface area contributed by atoms with Gasteiger partial charge in [-0.2, -0.15) is 0 Å². The van der Waals surface area contributed by atoms with E-state index >= 15 is 0 Å². The topological polar surface area (TPSA) is 51.4 Å². The molecule has 0 bridgehead atoms. The zero-order valence-electron chi connectivity index (χ0n) is 14.6. The van der Waals surface area contributed by atoms with Crippen LogP contribution >= 0.6 is 0 Å². The maximum atomic E-state index is 12.4. The summed E-state index contributed by atoms with van der Waals surface area (Å²) in [5, 5.41) is 0. The average molecular weight is 282 g/mol. The summed E-state index contributed by atoms with van der Waals surface area (Å²) in [5.74, 6) is -0.740. The van der Waals surface area contributed by atoms with Crippen molar-refractivity contribution in [3.8, 4) is 0 Å². The Balaban J connectivity index is 1.86. The average Bonchev–Trinajstić information content (AvgIpc) is 3.30. The number of epoxide rings is 2. The van der Waals surface area contributed by atoms with Gasteiger partial charge in [-0.05, 0) is 33.6 Å². The van der Waals surface area contributed by atoms with Crippen molar-refractivity contribution in [2.45, 2.75) is 63.4 Å². The van der Waals surface area contributed by atoms with Gasteiger partial charge in [0.25, 0.3) is 0 Å². The summed E-state index contributed by atoms with van der Waals surface area (Å²) in [6.45, 7) is 6.55. The second-order valence-electron chi connectivity index (χ2n) is 6.51. The molecule has 2 saturated heterocycles. The number of Topliss-reactive ketones (excluding diaryl/α,β-unsaturated/α-hetero) is 1. The third kappa shape index (κ3) is 2.14. The molecular weight excluding hydrogens is 256 g/mol. The van der Waals surface area contributed by atoms with Crippen LogP contribution in [0.25, 0.3) is 0 Å². The highest BCUT2D eigenvalue weighted by Gasteiger charge is 2.71. The number of rotatable bonds is 4. The molecule has 0 aromatic rings. The molecule has 3 aliphatic rings. The minimum atomic E-state index is -1.89. The molecule has 2 aliphatic heterocycles. The molecule has 1 saturated carbocycles. The van der Waals surface area contributed by atoms with Crippen LogP contribution in [0.3, 0.4) is 0 Å². The van der Waals surface area contributed by atoms with Crippen molar-refractivity contribution in [3.05, 3.63) is 11.6 Å². The molecule has 0 aromatic heterocycles. The van der Waals surface area contributed by atoms with E-state index < -0.39 is 29.5 Å². The van der Waals surface area contributed by atoms with Gasteiger partial charge in [0.15, 0.2) is 5.78 Å². The summed E-state index contributed by atoms with van der Waals surface area (Å²) in [7, 11) is 1.46. The predicted molar refractivity (Wildman–Crippen MR) is 74.5 cm³/mol. The summed E-state index contributed by atoms with van der Waals surface area (Å²) in [6, 6.07) is 0. The maximum absolute atomic E-state index is 12.4. The molecule has 3 rings (SSSR count). The Morgan fingerprint density at radius 2 is 2.30 bits per heavy atom. The van der Waals surface area contributed by atoms with Crippen LogP contribution < -0.4 is 0 Å². The van der Waals surface area contributed by atoms with Gasteiger partial charge in [0.1, 0.15) is 17.3 Å². The molecule has 1 aliphatic carbocycles. The van der Waals surface area contributed by atoms with E-state index in [1.807, 2.05) is 20.8 Å². The van der Waals surface area contributed by atoms with Crippen molar-refractivity contribution in [2.75, 3.05) is 13.7 Å². The second-order valence-corrected chi connectivity index (χ2v) is 6.51.